The largest absolute Gasteiger partial charge is 0.416 e. The predicted molar refractivity (Wildman–Crippen MR) is 93.4 cm³/mol. The third-order valence-corrected chi connectivity index (χ3v) is 3.38. The first-order chi connectivity index (χ1) is 12.7. The van der Waals surface area contributed by atoms with E-state index in [9.17, 15) is 18.0 Å². The molecule has 0 saturated carbocycles. The molecule has 9 heteroatoms. The van der Waals surface area contributed by atoms with E-state index in [1.54, 1.807) is 24.3 Å². The number of alkyl halides is 3. The van der Waals surface area contributed by atoms with Gasteiger partial charge in [-0.05, 0) is 18.2 Å². The lowest BCUT2D eigenvalue weighted by Gasteiger charge is -2.15. The number of halogens is 3. The Morgan fingerprint density at radius 1 is 1.15 bits per heavy atom. The monoisotopic (exact) mass is 379 g/mol. The first kappa shape index (κ1) is 19.8. The highest BCUT2D eigenvalue weighted by Gasteiger charge is 2.30. The Morgan fingerprint density at radius 2 is 1.81 bits per heavy atom. The van der Waals surface area contributed by atoms with Crippen molar-refractivity contribution in [2.45, 2.75) is 6.18 Å². The lowest BCUT2D eigenvalue weighted by Crippen LogP contribution is -2.26. The molecule has 0 heterocycles. The van der Waals surface area contributed by atoms with E-state index in [0.717, 1.165) is 12.1 Å². The Morgan fingerprint density at radius 3 is 2.41 bits per heavy atom. The van der Waals surface area contributed by atoms with E-state index in [4.69, 9.17) is 10.6 Å². The molecule has 3 N–H and O–H groups in total. The summed E-state index contributed by atoms with van der Waals surface area (Å²) in [5.41, 5.74) is 7.67. The predicted octanol–water partition coefficient (Wildman–Crippen LogP) is 3.10. The average Bonchev–Trinajstić information content (AvgIpc) is 2.63. The molecule has 0 aromatic heterocycles. The van der Waals surface area contributed by atoms with E-state index in [0.29, 0.717) is 11.1 Å². The number of carbonyl (C=O) groups is 1. The molecule has 2 aromatic rings. The summed E-state index contributed by atoms with van der Waals surface area (Å²) < 4.78 is 38.3. The highest BCUT2D eigenvalue weighted by Crippen LogP contribution is 2.31. The number of rotatable bonds is 7. The summed E-state index contributed by atoms with van der Waals surface area (Å²) in [7, 11) is 1.26. The van der Waals surface area contributed by atoms with Gasteiger partial charge in [-0.3, -0.25) is 4.79 Å². The number of oxime groups is 1. The van der Waals surface area contributed by atoms with E-state index < -0.39 is 17.6 Å². The third-order valence-electron chi connectivity index (χ3n) is 3.38. The molecule has 142 valence electrons. The van der Waals surface area contributed by atoms with Crippen molar-refractivity contribution in [2.75, 3.05) is 7.11 Å². The SMILES string of the molecule is C=C(NOc1cccc(C(F)(F)F)c1)c1ccccc1C(=NOC)C(N)=O. The summed E-state index contributed by atoms with van der Waals surface area (Å²) in [6.07, 6.45) is -4.49. The molecule has 6 nitrogen and oxygen atoms in total. The molecule has 0 bridgehead atoms. The smallest absolute Gasteiger partial charge is 0.398 e. The van der Waals surface area contributed by atoms with Gasteiger partial charge in [0.1, 0.15) is 7.11 Å². The normalized spacial score (nSPS) is 11.6. The second-order valence-corrected chi connectivity index (χ2v) is 5.24. The van der Waals surface area contributed by atoms with Gasteiger partial charge in [0.2, 0.25) is 0 Å². The number of nitrogens with zero attached hydrogens (tertiary/aromatic N) is 1. The van der Waals surface area contributed by atoms with Crippen LogP contribution in [0, 0.1) is 0 Å². The fraction of sp³-hybridized carbons (Fsp3) is 0.111. The standard InChI is InChI=1S/C18H16F3N3O3/c1-11(23-27-13-7-5-6-12(10-13)18(19,20)21)14-8-3-4-9-15(14)16(17(22)25)24-26-2/h3-10,23H,1H2,2H3,(H2,22,25). The molecule has 1 amide bonds. The van der Waals surface area contributed by atoms with Gasteiger partial charge in [0.15, 0.2) is 11.5 Å². The van der Waals surface area contributed by atoms with Gasteiger partial charge < -0.3 is 15.4 Å². The number of hydrogen-bond donors (Lipinski definition) is 2. The first-order valence-electron chi connectivity index (χ1n) is 7.53. The van der Waals surface area contributed by atoms with Crippen LogP contribution in [0.5, 0.6) is 5.75 Å². The van der Waals surface area contributed by atoms with Crippen LogP contribution in [0.15, 0.2) is 60.3 Å². The molecule has 0 radical (unpaired) electrons. The molecule has 2 aromatic carbocycles. The maximum Gasteiger partial charge on any atom is 0.416 e. The van der Waals surface area contributed by atoms with Crippen molar-refractivity contribution in [1.29, 1.82) is 0 Å². The number of amides is 1. The minimum absolute atomic E-state index is 0.0656. The van der Waals surface area contributed by atoms with E-state index in [1.165, 1.54) is 19.2 Å². The summed E-state index contributed by atoms with van der Waals surface area (Å²) >= 11 is 0. The van der Waals surface area contributed by atoms with E-state index in [-0.39, 0.29) is 17.2 Å². The topological polar surface area (TPSA) is 85.9 Å². The quantitative estimate of drug-likeness (QED) is 0.572. The minimum atomic E-state index is -4.49. The van der Waals surface area contributed by atoms with Crippen molar-refractivity contribution in [1.82, 2.24) is 5.48 Å². The van der Waals surface area contributed by atoms with Crippen LogP contribution in [0.2, 0.25) is 0 Å². The average molecular weight is 379 g/mol. The fourth-order valence-corrected chi connectivity index (χ4v) is 2.18. The van der Waals surface area contributed by atoms with E-state index in [2.05, 4.69) is 22.1 Å². The Balaban J connectivity index is 2.23. The second-order valence-electron chi connectivity index (χ2n) is 5.24. The van der Waals surface area contributed by atoms with Crippen LogP contribution in [-0.2, 0) is 15.8 Å². The fourth-order valence-electron chi connectivity index (χ4n) is 2.18. The molecule has 0 aliphatic rings. The number of hydroxylamine groups is 1. The van der Waals surface area contributed by atoms with E-state index >= 15 is 0 Å². The minimum Gasteiger partial charge on any atom is -0.398 e. The van der Waals surface area contributed by atoms with Crippen LogP contribution in [0.1, 0.15) is 16.7 Å². The van der Waals surface area contributed by atoms with Crippen molar-refractivity contribution in [3.8, 4) is 5.75 Å². The molecule has 0 saturated heterocycles. The van der Waals surface area contributed by atoms with Crippen molar-refractivity contribution in [2.24, 2.45) is 10.9 Å². The van der Waals surface area contributed by atoms with Crippen LogP contribution in [0.4, 0.5) is 13.2 Å². The molecule has 0 aliphatic heterocycles. The van der Waals surface area contributed by atoms with Crippen LogP contribution in [-0.4, -0.2) is 18.7 Å². The third kappa shape index (κ3) is 5.00. The van der Waals surface area contributed by atoms with Gasteiger partial charge in [0.05, 0.1) is 11.3 Å². The van der Waals surface area contributed by atoms with Gasteiger partial charge in [-0.25, -0.2) is 5.48 Å². The molecule has 0 fully saturated rings. The Bertz CT molecular complexity index is 879. The molecule has 0 aliphatic carbocycles. The number of primary amides is 1. The van der Waals surface area contributed by atoms with Crippen molar-refractivity contribution in [3.63, 3.8) is 0 Å². The number of benzene rings is 2. The maximum atomic E-state index is 12.8. The summed E-state index contributed by atoms with van der Waals surface area (Å²) in [5.74, 6) is -0.889. The Kier molecular flexibility index (Phi) is 6.07. The molecular formula is C18H16F3N3O3. The molecular weight excluding hydrogens is 363 g/mol. The molecule has 0 atom stereocenters. The molecule has 27 heavy (non-hydrogen) atoms. The van der Waals surface area contributed by atoms with Crippen LogP contribution in [0.25, 0.3) is 5.70 Å². The van der Waals surface area contributed by atoms with Gasteiger partial charge >= 0.3 is 6.18 Å². The lowest BCUT2D eigenvalue weighted by atomic mass is 10.0. The zero-order chi connectivity index (χ0) is 20.0. The van der Waals surface area contributed by atoms with Gasteiger partial charge in [-0.2, -0.15) is 13.2 Å². The lowest BCUT2D eigenvalue weighted by molar-refractivity contribution is -0.137. The van der Waals surface area contributed by atoms with Crippen molar-refractivity contribution in [3.05, 3.63) is 71.8 Å². The summed E-state index contributed by atoms with van der Waals surface area (Å²) in [6.45, 7) is 3.77. The first-order valence-corrected chi connectivity index (χ1v) is 7.53. The number of carbonyl (C=O) groups excluding carboxylic acids is 1. The molecule has 0 spiro atoms. The summed E-state index contributed by atoms with van der Waals surface area (Å²) in [5, 5.41) is 3.60. The number of hydrogen-bond acceptors (Lipinski definition) is 5. The molecule has 2 rings (SSSR count). The maximum absolute atomic E-state index is 12.8. The van der Waals surface area contributed by atoms with Crippen LogP contribution < -0.4 is 16.1 Å². The zero-order valence-corrected chi connectivity index (χ0v) is 14.2. The van der Waals surface area contributed by atoms with Gasteiger partial charge in [0.25, 0.3) is 5.91 Å². The van der Waals surface area contributed by atoms with Crippen molar-refractivity contribution >= 4 is 17.3 Å². The van der Waals surface area contributed by atoms with Crippen LogP contribution >= 0.6 is 0 Å². The zero-order valence-electron chi connectivity index (χ0n) is 14.2. The molecule has 0 unspecified atom stereocenters. The highest BCUT2D eigenvalue weighted by atomic mass is 19.4. The second kappa shape index (κ2) is 8.26. The van der Waals surface area contributed by atoms with Crippen LogP contribution in [0.3, 0.4) is 0 Å². The number of nitrogens with two attached hydrogens (primary N) is 1. The summed E-state index contributed by atoms with van der Waals surface area (Å²) in [6, 6.07) is 10.8. The van der Waals surface area contributed by atoms with E-state index in [1.807, 2.05) is 0 Å². The Labute approximate surface area is 153 Å². The van der Waals surface area contributed by atoms with Gasteiger partial charge in [-0.15, -0.1) is 0 Å². The number of nitrogens with one attached hydrogen (secondary N) is 1. The van der Waals surface area contributed by atoms with Gasteiger partial charge in [0, 0.05) is 11.1 Å². The van der Waals surface area contributed by atoms with Crippen molar-refractivity contribution < 1.29 is 27.6 Å². The highest BCUT2D eigenvalue weighted by molar-refractivity contribution is 6.45. The summed E-state index contributed by atoms with van der Waals surface area (Å²) in [4.78, 5) is 21.4. The van der Waals surface area contributed by atoms with Gasteiger partial charge in [-0.1, -0.05) is 42.1 Å². The Hall–Kier alpha value is -3.49.